The molecule has 1 amide bonds. The zero-order valence-corrected chi connectivity index (χ0v) is 13.5. The van der Waals surface area contributed by atoms with Crippen molar-refractivity contribution in [3.63, 3.8) is 0 Å². The van der Waals surface area contributed by atoms with Crippen LogP contribution in [0.4, 0.5) is 8.78 Å². The van der Waals surface area contributed by atoms with Gasteiger partial charge in [0.2, 0.25) is 5.92 Å². The number of carbonyl (C=O) groups is 1. The highest BCUT2D eigenvalue weighted by atomic mass is 19.3. The van der Waals surface area contributed by atoms with E-state index in [4.69, 9.17) is 5.73 Å². The molecule has 6 heteroatoms. The van der Waals surface area contributed by atoms with Gasteiger partial charge in [0.15, 0.2) is 0 Å². The summed E-state index contributed by atoms with van der Waals surface area (Å²) in [6, 6.07) is 5.40. The molecule has 2 heterocycles. The second kappa shape index (κ2) is 6.51. The van der Waals surface area contributed by atoms with Gasteiger partial charge in [0.05, 0.1) is 11.1 Å². The standard InChI is InChI=1S/C18H22F2N2O2/c19-18(20)6-1-3-12(11-18)9-13-4-2-7-22-14(5-8-23)10-15(16(13)22)17(21)24/h2,4,7,10,12,23H,1,3,5-6,8-9,11H2,(H2,21,24). The summed E-state index contributed by atoms with van der Waals surface area (Å²) in [6.45, 7) is -0.0383. The van der Waals surface area contributed by atoms with Gasteiger partial charge in [-0.1, -0.05) is 6.07 Å². The highest BCUT2D eigenvalue weighted by molar-refractivity contribution is 6.01. The lowest BCUT2D eigenvalue weighted by atomic mass is 9.82. The zero-order chi connectivity index (χ0) is 17.3. The van der Waals surface area contributed by atoms with Gasteiger partial charge < -0.3 is 15.2 Å². The Morgan fingerprint density at radius 1 is 1.46 bits per heavy atom. The lowest BCUT2D eigenvalue weighted by molar-refractivity contribution is -0.0521. The van der Waals surface area contributed by atoms with Crippen molar-refractivity contribution < 1.29 is 18.7 Å². The maximum absolute atomic E-state index is 13.7. The number of fused-ring (bicyclic) bond motifs is 1. The lowest BCUT2D eigenvalue weighted by Crippen LogP contribution is -2.27. The number of aromatic nitrogens is 1. The summed E-state index contributed by atoms with van der Waals surface area (Å²) in [5, 5.41) is 9.20. The molecule has 0 radical (unpaired) electrons. The van der Waals surface area contributed by atoms with Crippen LogP contribution in [0.1, 0.15) is 47.3 Å². The van der Waals surface area contributed by atoms with Crippen LogP contribution in [0.2, 0.25) is 0 Å². The fourth-order valence-electron chi connectivity index (χ4n) is 3.82. The van der Waals surface area contributed by atoms with Crippen molar-refractivity contribution in [2.75, 3.05) is 6.61 Å². The Bertz CT molecular complexity index is 755. The summed E-state index contributed by atoms with van der Waals surface area (Å²) in [5.41, 5.74) is 8.22. The van der Waals surface area contributed by atoms with Gasteiger partial charge in [-0.25, -0.2) is 8.78 Å². The van der Waals surface area contributed by atoms with Crippen molar-refractivity contribution in [1.82, 2.24) is 4.40 Å². The molecule has 3 N–H and O–H groups in total. The number of halogens is 2. The molecule has 4 nitrogen and oxygen atoms in total. The first-order valence-corrected chi connectivity index (χ1v) is 8.31. The molecule has 2 aromatic rings. The molecule has 1 aliphatic rings. The quantitative estimate of drug-likeness (QED) is 0.881. The molecule has 1 saturated carbocycles. The van der Waals surface area contributed by atoms with E-state index in [0.717, 1.165) is 17.7 Å². The van der Waals surface area contributed by atoms with E-state index in [9.17, 15) is 18.7 Å². The summed E-state index contributed by atoms with van der Waals surface area (Å²) in [6.07, 6.45) is 3.87. The molecule has 1 unspecified atom stereocenters. The molecule has 24 heavy (non-hydrogen) atoms. The second-order valence-electron chi connectivity index (χ2n) is 6.66. The first-order chi connectivity index (χ1) is 11.4. The van der Waals surface area contributed by atoms with Crippen molar-refractivity contribution in [2.24, 2.45) is 11.7 Å². The maximum atomic E-state index is 13.7. The Morgan fingerprint density at radius 3 is 2.92 bits per heavy atom. The van der Waals surface area contributed by atoms with Crippen molar-refractivity contribution in [2.45, 2.75) is 44.4 Å². The van der Waals surface area contributed by atoms with E-state index in [2.05, 4.69) is 0 Å². The van der Waals surface area contributed by atoms with Crippen LogP contribution in [0.25, 0.3) is 5.52 Å². The Labute approximate surface area is 139 Å². The Morgan fingerprint density at radius 2 is 2.25 bits per heavy atom. The predicted molar refractivity (Wildman–Crippen MR) is 87.3 cm³/mol. The fraction of sp³-hybridized carbons (Fsp3) is 0.500. The van der Waals surface area contributed by atoms with Gasteiger partial charge in [-0.05, 0) is 42.9 Å². The number of amides is 1. The molecular formula is C18H22F2N2O2. The molecular weight excluding hydrogens is 314 g/mol. The summed E-state index contributed by atoms with van der Waals surface area (Å²) in [7, 11) is 0. The molecule has 1 atom stereocenters. The van der Waals surface area contributed by atoms with Gasteiger partial charge in [-0.2, -0.15) is 0 Å². The highest BCUT2D eigenvalue weighted by Crippen LogP contribution is 2.38. The van der Waals surface area contributed by atoms with Gasteiger partial charge in [0.1, 0.15) is 0 Å². The SMILES string of the molecule is NC(=O)c1cc(CCO)n2cccc(CC3CCCC(F)(F)C3)c12. The van der Waals surface area contributed by atoms with Gasteiger partial charge in [-0.15, -0.1) is 0 Å². The maximum Gasteiger partial charge on any atom is 0.250 e. The zero-order valence-electron chi connectivity index (χ0n) is 13.5. The Kier molecular flexibility index (Phi) is 4.58. The van der Waals surface area contributed by atoms with Crippen molar-refractivity contribution >= 4 is 11.4 Å². The third-order valence-electron chi connectivity index (χ3n) is 4.84. The molecule has 3 rings (SSSR count). The third-order valence-corrected chi connectivity index (χ3v) is 4.84. The van der Waals surface area contributed by atoms with E-state index in [1.165, 1.54) is 0 Å². The first kappa shape index (κ1) is 16.9. The third kappa shape index (κ3) is 3.29. The fourth-order valence-corrected chi connectivity index (χ4v) is 3.82. The highest BCUT2D eigenvalue weighted by Gasteiger charge is 2.36. The molecule has 0 aromatic carbocycles. The van der Waals surface area contributed by atoms with Gasteiger partial charge in [0.25, 0.3) is 5.91 Å². The number of nitrogens with zero attached hydrogens (tertiary/aromatic N) is 1. The Hall–Kier alpha value is -1.95. The molecule has 1 fully saturated rings. The van der Waals surface area contributed by atoms with E-state index in [1.807, 2.05) is 22.7 Å². The molecule has 2 aromatic heterocycles. The molecule has 130 valence electrons. The van der Waals surface area contributed by atoms with E-state index in [1.54, 1.807) is 6.07 Å². The number of primary amides is 1. The van der Waals surface area contributed by atoms with Crippen LogP contribution in [0.5, 0.6) is 0 Å². The number of aliphatic hydroxyl groups excluding tert-OH is 1. The van der Waals surface area contributed by atoms with Crippen LogP contribution in [-0.2, 0) is 12.8 Å². The average molecular weight is 336 g/mol. The van der Waals surface area contributed by atoms with Crippen molar-refractivity contribution in [1.29, 1.82) is 0 Å². The molecule has 0 saturated heterocycles. The van der Waals surface area contributed by atoms with Crippen LogP contribution in [0.15, 0.2) is 24.4 Å². The monoisotopic (exact) mass is 336 g/mol. The minimum atomic E-state index is -2.59. The van der Waals surface area contributed by atoms with E-state index in [0.29, 0.717) is 30.3 Å². The lowest BCUT2D eigenvalue weighted by Gasteiger charge is -2.29. The summed E-state index contributed by atoms with van der Waals surface area (Å²) >= 11 is 0. The minimum absolute atomic E-state index is 0.0357. The van der Waals surface area contributed by atoms with Crippen LogP contribution in [-0.4, -0.2) is 27.9 Å². The average Bonchev–Trinajstić information content (AvgIpc) is 2.87. The largest absolute Gasteiger partial charge is 0.396 e. The van der Waals surface area contributed by atoms with E-state index >= 15 is 0 Å². The van der Waals surface area contributed by atoms with E-state index in [-0.39, 0.29) is 25.4 Å². The number of carbonyl (C=O) groups excluding carboxylic acids is 1. The molecule has 0 spiro atoms. The van der Waals surface area contributed by atoms with Crippen LogP contribution < -0.4 is 5.73 Å². The summed E-state index contributed by atoms with van der Waals surface area (Å²) in [5.74, 6) is -3.24. The van der Waals surface area contributed by atoms with Crippen LogP contribution in [0, 0.1) is 5.92 Å². The Balaban J connectivity index is 2.00. The number of aliphatic hydroxyl groups is 1. The topological polar surface area (TPSA) is 67.7 Å². The molecule has 1 aliphatic carbocycles. The molecule has 0 bridgehead atoms. The van der Waals surface area contributed by atoms with Crippen molar-refractivity contribution in [3.8, 4) is 0 Å². The van der Waals surface area contributed by atoms with Gasteiger partial charge in [-0.3, -0.25) is 4.79 Å². The number of hydrogen-bond acceptors (Lipinski definition) is 2. The minimum Gasteiger partial charge on any atom is -0.396 e. The first-order valence-electron chi connectivity index (χ1n) is 8.31. The van der Waals surface area contributed by atoms with Gasteiger partial charge >= 0.3 is 0 Å². The predicted octanol–water partition coefficient (Wildman–Crippen LogP) is 2.94. The van der Waals surface area contributed by atoms with Crippen LogP contribution >= 0.6 is 0 Å². The smallest absolute Gasteiger partial charge is 0.250 e. The summed E-state index contributed by atoms with van der Waals surface area (Å²) in [4.78, 5) is 11.8. The number of rotatable bonds is 5. The van der Waals surface area contributed by atoms with Crippen LogP contribution in [0.3, 0.4) is 0 Å². The number of nitrogens with two attached hydrogens (primary N) is 1. The van der Waals surface area contributed by atoms with Gasteiger partial charge in [0, 0.05) is 37.8 Å². The molecule has 0 aliphatic heterocycles. The van der Waals surface area contributed by atoms with E-state index < -0.39 is 11.8 Å². The normalized spacial score (nSPS) is 20.4. The number of pyridine rings is 1. The summed E-state index contributed by atoms with van der Waals surface area (Å²) < 4.78 is 29.2. The number of alkyl halides is 2. The van der Waals surface area contributed by atoms with Crippen molar-refractivity contribution in [3.05, 3.63) is 41.2 Å². The second-order valence-corrected chi connectivity index (χ2v) is 6.66. The number of hydrogen-bond donors (Lipinski definition) is 2.